The normalized spacial score (nSPS) is 16.1. The molecular weight excluding hydrogens is 516 g/mol. The summed E-state index contributed by atoms with van der Waals surface area (Å²) in [5, 5.41) is 8.63. The predicted octanol–water partition coefficient (Wildman–Crippen LogP) is 4.97. The van der Waals surface area contributed by atoms with E-state index in [4.69, 9.17) is 15.6 Å². The van der Waals surface area contributed by atoms with E-state index in [0.717, 1.165) is 32.9 Å². The molecule has 1 fully saturated rings. The van der Waals surface area contributed by atoms with Gasteiger partial charge in [0.05, 0.1) is 26.9 Å². The van der Waals surface area contributed by atoms with Crippen LogP contribution >= 0.6 is 27.5 Å². The molecule has 4 heterocycles. The van der Waals surface area contributed by atoms with Gasteiger partial charge in [-0.2, -0.15) is 9.47 Å². The Balaban J connectivity index is 1.51. The van der Waals surface area contributed by atoms with Crippen LogP contribution in [0.3, 0.4) is 0 Å². The van der Waals surface area contributed by atoms with E-state index < -0.39 is 5.60 Å². The lowest BCUT2D eigenvalue weighted by molar-refractivity contribution is 0.0288. The fraction of sp³-hybridized carbons (Fsp3) is 0.333. The highest BCUT2D eigenvalue weighted by atomic mass is 79.9. The quantitative estimate of drug-likeness (QED) is 0.343. The molecule has 8 nitrogen and oxygen atoms in total. The Kier molecular flexibility index (Phi) is 5.70. The number of rotatable bonds is 1. The standard InChI is InChI=1S/C24H23BrN6O2S/c1-24(2,3)33-23(32)30-9-8-16(12-30)31-21-17(25)11-27-22(26)20(21)18(28-31)7-5-14-4-6-15-13-34-29-19(15)10-14/h4,6,10-11,13,16H,8-9,12H2,1-3H3,(H2,26,27). The molecule has 34 heavy (non-hydrogen) atoms. The Bertz CT molecular complexity index is 1480. The Morgan fingerprint density at radius 1 is 1.32 bits per heavy atom. The largest absolute Gasteiger partial charge is 0.444 e. The zero-order valence-electron chi connectivity index (χ0n) is 19.0. The molecule has 1 aliphatic heterocycles. The van der Waals surface area contributed by atoms with Crippen LogP contribution in [-0.4, -0.2) is 48.8 Å². The fourth-order valence-electron chi connectivity index (χ4n) is 4.01. The third-order valence-electron chi connectivity index (χ3n) is 5.56. The summed E-state index contributed by atoms with van der Waals surface area (Å²) in [6.07, 6.45) is 2.10. The Morgan fingerprint density at radius 3 is 2.94 bits per heavy atom. The van der Waals surface area contributed by atoms with E-state index in [9.17, 15) is 4.79 Å². The number of hydrogen-bond acceptors (Lipinski definition) is 7. The number of likely N-dealkylation sites (tertiary alicyclic amines) is 1. The number of amides is 1. The van der Waals surface area contributed by atoms with E-state index >= 15 is 0 Å². The SMILES string of the molecule is CC(C)(C)OC(=O)N1CCC(n2nc(C#Cc3ccc4csnc4c3)c3c(N)ncc(Br)c32)C1. The van der Waals surface area contributed by atoms with E-state index in [1.807, 2.05) is 49.0 Å². The minimum Gasteiger partial charge on any atom is -0.444 e. The number of carbonyl (C=O) groups is 1. The predicted molar refractivity (Wildman–Crippen MR) is 137 cm³/mol. The van der Waals surface area contributed by atoms with Gasteiger partial charge in [0.2, 0.25) is 0 Å². The van der Waals surface area contributed by atoms with Gasteiger partial charge in [-0.05, 0) is 72.7 Å². The molecule has 1 unspecified atom stereocenters. The van der Waals surface area contributed by atoms with Crippen molar-refractivity contribution in [1.29, 1.82) is 0 Å². The molecule has 1 aromatic carbocycles. The molecule has 5 rings (SSSR count). The number of nitrogen functional groups attached to an aromatic ring is 1. The van der Waals surface area contributed by atoms with Crippen molar-refractivity contribution in [3.05, 3.63) is 45.5 Å². The number of halogens is 1. The first kappa shape index (κ1) is 22.6. The number of hydrogen-bond donors (Lipinski definition) is 1. The van der Waals surface area contributed by atoms with Crippen molar-refractivity contribution >= 4 is 61.2 Å². The van der Waals surface area contributed by atoms with E-state index in [-0.39, 0.29) is 12.1 Å². The highest BCUT2D eigenvalue weighted by molar-refractivity contribution is 9.10. The molecule has 1 saturated heterocycles. The molecule has 0 aliphatic carbocycles. The van der Waals surface area contributed by atoms with Gasteiger partial charge in [-0.15, -0.1) is 0 Å². The van der Waals surface area contributed by atoms with Gasteiger partial charge in [0.25, 0.3) is 0 Å². The van der Waals surface area contributed by atoms with Crippen LogP contribution in [0.5, 0.6) is 0 Å². The first-order chi connectivity index (χ1) is 16.2. The lowest BCUT2D eigenvalue weighted by Crippen LogP contribution is -2.35. The number of ether oxygens (including phenoxy) is 1. The van der Waals surface area contributed by atoms with Crippen molar-refractivity contribution < 1.29 is 9.53 Å². The summed E-state index contributed by atoms with van der Waals surface area (Å²) in [6, 6.07) is 5.91. The molecule has 3 aromatic heterocycles. The molecule has 0 saturated carbocycles. The number of nitrogens with zero attached hydrogens (tertiary/aromatic N) is 5. The zero-order chi connectivity index (χ0) is 24.0. The first-order valence-corrected chi connectivity index (χ1v) is 12.5. The van der Waals surface area contributed by atoms with Gasteiger partial charge in [-0.1, -0.05) is 12.0 Å². The number of anilines is 1. The molecule has 4 aromatic rings. The van der Waals surface area contributed by atoms with E-state index in [0.29, 0.717) is 30.0 Å². The highest BCUT2D eigenvalue weighted by Crippen LogP contribution is 2.34. The van der Waals surface area contributed by atoms with Crippen LogP contribution in [0.25, 0.3) is 21.8 Å². The van der Waals surface area contributed by atoms with Gasteiger partial charge in [-0.3, -0.25) is 4.68 Å². The Hall–Kier alpha value is -3.16. The van der Waals surface area contributed by atoms with Crippen LogP contribution in [-0.2, 0) is 4.74 Å². The maximum Gasteiger partial charge on any atom is 0.410 e. The van der Waals surface area contributed by atoms with E-state index in [1.165, 1.54) is 11.5 Å². The average Bonchev–Trinajstić information content (AvgIpc) is 3.51. The summed E-state index contributed by atoms with van der Waals surface area (Å²) < 4.78 is 12.6. The number of benzene rings is 1. The molecule has 174 valence electrons. The van der Waals surface area contributed by atoms with Crippen LogP contribution in [0.15, 0.2) is 34.2 Å². The average molecular weight is 539 g/mol. The second-order valence-corrected chi connectivity index (χ2v) is 10.7. The number of aromatic nitrogens is 4. The smallest absolute Gasteiger partial charge is 0.410 e. The third-order valence-corrected chi connectivity index (χ3v) is 6.80. The first-order valence-electron chi connectivity index (χ1n) is 10.9. The van der Waals surface area contributed by atoms with Crippen molar-refractivity contribution in [3.63, 3.8) is 0 Å². The molecule has 1 aliphatic rings. The molecule has 2 N–H and O–H groups in total. The van der Waals surface area contributed by atoms with Crippen molar-refractivity contribution in [2.45, 2.75) is 38.8 Å². The second-order valence-electron chi connectivity index (χ2n) is 9.22. The summed E-state index contributed by atoms with van der Waals surface area (Å²) in [4.78, 5) is 18.6. The lowest BCUT2D eigenvalue weighted by atomic mass is 10.1. The number of carbonyl (C=O) groups excluding carboxylic acids is 1. The zero-order valence-corrected chi connectivity index (χ0v) is 21.4. The summed E-state index contributed by atoms with van der Waals surface area (Å²) in [7, 11) is 0. The lowest BCUT2D eigenvalue weighted by Gasteiger charge is -2.24. The molecule has 0 spiro atoms. The van der Waals surface area contributed by atoms with Gasteiger partial charge in [-0.25, -0.2) is 9.78 Å². The van der Waals surface area contributed by atoms with E-state index in [1.54, 1.807) is 11.1 Å². The minimum absolute atomic E-state index is 0.0324. The number of nitrogens with two attached hydrogens (primary N) is 1. The topological polar surface area (TPSA) is 99.2 Å². The van der Waals surface area contributed by atoms with Gasteiger partial charge < -0.3 is 15.4 Å². The van der Waals surface area contributed by atoms with Crippen molar-refractivity contribution in [1.82, 2.24) is 24.0 Å². The minimum atomic E-state index is -0.541. The Labute approximate surface area is 209 Å². The van der Waals surface area contributed by atoms with Crippen molar-refractivity contribution in [2.24, 2.45) is 0 Å². The van der Waals surface area contributed by atoms with Gasteiger partial charge in [0, 0.05) is 35.6 Å². The van der Waals surface area contributed by atoms with Crippen LogP contribution in [0, 0.1) is 11.8 Å². The molecular formula is C24H23BrN6O2S. The molecule has 10 heteroatoms. The summed E-state index contributed by atoms with van der Waals surface area (Å²) >= 11 is 5.03. The van der Waals surface area contributed by atoms with Crippen LogP contribution < -0.4 is 5.73 Å². The van der Waals surface area contributed by atoms with Crippen LogP contribution in [0.4, 0.5) is 10.6 Å². The molecule has 1 amide bonds. The summed E-state index contributed by atoms with van der Waals surface area (Å²) in [5.41, 5.74) is 8.87. The number of fused-ring (bicyclic) bond motifs is 2. The monoisotopic (exact) mass is 538 g/mol. The maximum absolute atomic E-state index is 12.6. The van der Waals surface area contributed by atoms with Crippen molar-refractivity contribution in [2.75, 3.05) is 18.8 Å². The second kappa shape index (κ2) is 8.56. The molecule has 0 radical (unpaired) electrons. The summed E-state index contributed by atoms with van der Waals surface area (Å²) in [6.45, 7) is 6.68. The molecule has 0 bridgehead atoms. The maximum atomic E-state index is 12.6. The third kappa shape index (κ3) is 4.33. The van der Waals surface area contributed by atoms with E-state index in [2.05, 4.69) is 37.1 Å². The Morgan fingerprint density at radius 2 is 2.15 bits per heavy atom. The van der Waals surface area contributed by atoms with Gasteiger partial charge in [0.1, 0.15) is 17.1 Å². The van der Waals surface area contributed by atoms with Gasteiger partial charge >= 0.3 is 6.09 Å². The number of pyridine rings is 1. The highest BCUT2D eigenvalue weighted by Gasteiger charge is 2.33. The van der Waals surface area contributed by atoms with Crippen LogP contribution in [0.2, 0.25) is 0 Å². The fourth-order valence-corrected chi connectivity index (χ4v) is 5.13. The van der Waals surface area contributed by atoms with Crippen LogP contribution in [0.1, 0.15) is 44.5 Å². The molecule has 1 atom stereocenters. The summed E-state index contributed by atoms with van der Waals surface area (Å²) in [5.74, 6) is 6.75. The van der Waals surface area contributed by atoms with Gasteiger partial charge in [0.15, 0.2) is 0 Å². The van der Waals surface area contributed by atoms with Crippen molar-refractivity contribution in [3.8, 4) is 11.8 Å².